The van der Waals surface area contributed by atoms with Gasteiger partial charge in [-0.15, -0.1) is 12.4 Å². The number of aryl methyl sites for hydroxylation is 2. The summed E-state index contributed by atoms with van der Waals surface area (Å²) < 4.78 is 32.7. The molecule has 1 aliphatic heterocycles. The maximum Gasteiger partial charge on any atom is 0.0645 e. The van der Waals surface area contributed by atoms with Gasteiger partial charge in [-0.25, -0.2) is 0 Å². The molecule has 2 nitrogen and oxygen atoms in total. The third kappa shape index (κ3) is 3.63. The summed E-state index contributed by atoms with van der Waals surface area (Å²) in [4.78, 5) is 4.20. The summed E-state index contributed by atoms with van der Waals surface area (Å²) in [6.07, 6.45) is 2.37. The lowest BCUT2D eigenvalue weighted by atomic mass is 10.0. The molecule has 0 N–H and O–H groups in total. The van der Waals surface area contributed by atoms with Crippen LogP contribution in [0.15, 0.2) is 48.4 Å². The number of halogens is 1. The molecule has 2 aromatic rings. The molecule has 0 saturated carbocycles. The molecule has 22 heavy (non-hydrogen) atoms. The molecule has 0 atom stereocenters. The van der Waals surface area contributed by atoms with Crippen molar-refractivity contribution in [2.45, 2.75) is 19.3 Å². The Morgan fingerprint density at radius 3 is 2.09 bits per heavy atom. The monoisotopic (exact) mass is 320 g/mol. The molecule has 2 aromatic carbocycles. The zero-order valence-electron chi connectivity index (χ0n) is 17.1. The maximum atomic E-state index is 8.42. The van der Waals surface area contributed by atoms with Gasteiger partial charge in [0.2, 0.25) is 0 Å². The van der Waals surface area contributed by atoms with E-state index in [4.69, 9.17) is 5.48 Å². The number of hydrogen-bond acceptors (Lipinski definition) is 2. The standard InChI is InChI=1S/C19H24N2.ClH/c1-20(2)14-7-15-21-18-10-5-3-8-16(18)12-13-17-9-4-6-11-19(17)21;/h3-6,8-11H,7,12-15H2,1-2H3;1H/i3D,4D,10D,11D;. The van der Waals surface area contributed by atoms with Crippen molar-refractivity contribution in [1.82, 2.24) is 4.90 Å². The van der Waals surface area contributed by atoms with Gasteiger partial charge in [0.15, 0.2) is 0 Å². The predicted molar refractivity (Wildman–Crippen MR) is 97.7 cm³/mol. The number of para-hydroxylation sites is 2. The summed E-state index contributed by atoms with van der Waals surface area (Å²) >= 11 is 0. The Hall–Kier alpha value is -1.51. The Morgan fingerprint density at radius 2 is 1.59 bits per heavy atom. The number of nitrogens with zero attached hydrogens (tertiary/aromatic N) is 2. The van der Waals surface area contributed by atoms with E-state index in [1.807, 2.05) is 26.2 Å². The Balaban J connectivity index is 0.00000243. The fourth-order valence-corrected chi connectivity index (χ4v) is 2.86. The summed E-state index contributed by atoms with van der Waals surface area (Å²) in [6, 6.07) is 8.22. The van der Waals surface area contributed by atoms with Gasteiger partial charge in [0.1, 0.15) is 0 Å². The van der Waals surface area contributed by atoms with Gasteiger partial charge in [0.05, 0.1) is 5.48 Å². The Kier molecular flexibility index (Phi) is 4.17. The second kappa shape index (κ2) is 7.66. The van der Waals surface area contributed by atoms with Crippen molar-refractivity contribution >= 4 is 23.8 Å². The van der Waals surface area contributed by atoms with E-state index in [1.165, 1.54) is 0 Å². The quantitative estimate of drug-likeness (QED) is 0.829. The highest BCUT2D eigenvalue weighted by Gasteiger charge is 2.19. The molecule has 1 aliphatic rings. The molecular formula is C19H25ClN2. The third-order valence-electron chi connectivity index (χ3n) is 3.90. The van der Waals surface area contributed by atoms with Crippen LogP contribution in [0.25, 0.3) is 0 Å². The van der Waals surface area contributed by atoms with Crippen molar-refractivity contribution < 1.29 is 5.48 Å². The molecule has 0 aliphatic carbocycles. The Bertz CT molecular complexity index is 736. The van der Waals surface area contributed by atoms with Gasteiger partial charge in [-0.3, -0.25) is 0 Å². The van der Waals surface area contributed by atoms with Gasteiger partial charge in [-0.2, -0.15) is 0 Å². The van der Waals surface area contributed by atoms with Crippen molar-refractivity contribution in [3.05, 3.63) is 59.6 Å². The minimum absolute atomic E-state index is 0. The Morgan fingerprint density at radius 1 is 1.05 bits per heavy atom. The van der Waals surface area contributed by atoms with Crippen LogP contribution in [0.1, 0.15) is 23.0 Å². The smallest absolute Gasteiger partial charge is 0.0645 e. The maximum absolute atomic E-state index is 8.42. The molecule has 0 radical (unpaired) electrons. The van der Waals surface area contributed by atoms with E-state index in [0.29, 0.717) is 30.7 Å². The minimum atomic E-state index is 0. The summed E-state index contributed by atoms with van der Waals surface area (Å²) in [7, 11) is 4.07. The average Bonchev–Trinajstić information content (AvgIpc) is 2.64. The van der Waals surface area contributed by atoms with Crippen molar-refractivity contribution in [3.8, 4) is 0 Å². The molecule has 118 valence electrons. The van der Waals surface area contributed by atoms with Crippen LogP contribution in [0.3, 0.4) is 0 Å². The van der Waals surface area contributed by atoms with E-state index in [0.717, 1.165) is 48.3 Å². The van der Waals surface area contributed by atoms with E-state index >= 15 is 0 Å². The van der Waals surface area contributed by atoms with E-state index in [2.05, 4.69) is 9.80 Å². The molecule has 0 aromatic heterocycles. The number of benzene rings is 2. The van der Waals surface area contributed by atoms with Crippen LogP contribution in [-0.2, 0) is 12.8 Å². The third-order valence-corrected chi connectivity index (χ3v) is 3.90. The van der Waals surface area contributed by atoms with Gasteiger partial charge in [-0.05, 0) is 63.1 Å². The first kappa shape index (κ1) is 12.0. The van der Waals surface area contributed by atoms with Crippen LogP contribution in [0, 0.1) is 0 Å². The summed E-state index contributed by atoms with van der Waals surface area (Å²) in [6.45, 7) is 1.64. The molecule has 3 rings (SSSR count). The van der Waals surface area contributed by atoms with Crippen LogP contribution >= 0.6 is 12.4 Å². The van der Waals surface area contributed by atoms with Crippen LogP contribution < -0.4 is 4.90 Å². The minimum Gasteiger partial charge on any atom is -0.341 e. The van der Waals surface area contributed by atoms with Crippen molar-refractivity contribution in [2.24, 2.45) is 0 Å². The largest absolute Gasteiger partial charge is 0.341 e. The first-order valence-electron chi connectivity index (χ1n) is 9.49. The van der Waals surface area contributed by atoms with E-state index in [9.17, 15) is 0 Å². The normalized spacial score (nSPS) is 15.7. The lowest BCUT2D eigenvalue weighted by Crippen LogP contribution is -2.23. The van der Waals surface area contributed by atoms with Gasteiger partial charge in [-0.1, -0.05) is 36.4 Å². The fraction of sp³-hybridized carbons (Fsp3) is 0.368. The van der Waals surface area contributed by atoms with Crippen molar-refractivity contribution in [3.63, 3.8) is 0 Å². The predicted octanol–water partition coefficient (Wildman–Crippen LogP) is 4.30. The van der Waals surface area contributed by atoms with Crippen LogP contribution in [0.5, 0.6) is 0 Å². The molecule has 0 spiro atoms. The summed E-state index contributed by atoms with van der Waals surface area (Å²) in [5.74, 6) is 0. The van der Waals surface area contributed by atoms with E-state index in [-0.39, 0.29) is 12.4 Å². The number of rotatable bonds is 4. The summed E-state index contributed by atoms with van der Waals surface area (Å²) in [5.41, 5.74) is 3.62. The Labute approximate surface area is 145 Å². The zero-order chi connectivity index (χ0) is 18.1. The number of fused-ring (bicyclic) bond motifs is 2. The van der Waals surface area contributed by atoms with Gasteiger partial charge in [0, 0.05) is 17.9 Å². The lowest BCUT2D eigenvalue weighted by Gasteiger charge is -2.27. The van der Waals surface area contributed by atoms with Gasteiger partial charge >= 0.3 is 0 Å². The highest BCUT2D eigenvalue weighted by Crippen LogP contribution is 2.35. The summed E-state index contributed by atoms with van der Waals surface area (Å²) in [5, 5.41) is 0. The second-order valence-corrected chi connectivity index (χ2v) is 5.76. The molecular weight excluding hydrogens is 292 g/mol. The van der Waals surface area contributed by atoms with Crippen LogP contribution in [0.2, 0.25) is 0 Å². The number of hydrogen-bond donors (Lipinski definition) is 0. The average molecular weight is 321 g/mol. The number of anilines is 2. The van der Waals surface area contributed by atoms with Gasteiger partial charge < -0.3 is 9.80 Å². The van der Waals surface area contributed by atoms with E-state index in [1.54, 1.807) is 12.1 Å². The highest BCUT2D eigenvalue weighted by molar-refractivity contribution is 5.85. The van der Waals surface area contributed by atoms with E-state index < -0.39 is 0 Å². The molecule has 3 heteroatoms. The molecule has 0 saturated heterocycles. The molecule has 0 fully saturated rings. The molecule has 0 unspecified atom stereocenters. The van der Waals surface area contributed by atoms with Crippen molar-refractivity contribution in [2.75, 3.05) is 32.1 Å². The second-order valence-electron chi connectivity index (χ2n) is 5.76. The first-order valence-corrected chi connectivity index (χ1v) is 7.49. The highest BCUT2D eigenvalue weighted by atomic mass is 35.5. The molecule has 1 heterocycles. The fourth-order valence-electron chi connectivity index (χ4n) is 2.86. The SMILES string of the molecule is Cl.[2H]c1cc([2H])c2c(c1)CCc1cc([2H])cc([2H])c1N2CCCN(C)C. The zero-order valence-corrected chi connectivity index (χ0v) is 14.0. The topological polar surface area (TPSA) is 6.48 Å². The first-order chi connectivity index (χ1) is 11.9. The van der Waals surface area contributed by atoms with Gasteiger partial charge in [0.25, 0.3) is 0 Å². The van der Waals surface area contributed by atoms with Crippen LogP contribution in [0.4, 0.5) is 11.4 Å². The van der Waals surface area contributed by atoms with Crippen molar-refractivity contribution in [1.29, 1.82) is 0 Å². The molecule has 0 amide bonds. The molecule has 0 bridgehead atoms. The van der Waals surface area contributed by atoms with Crippen LogP contribution in [-0.4, -0.2) is 32.1 Å². The lowest BCUT2D eigenvalue weighted by molar-refractivity contribution is 0.402.